The number of piperazine rings is 1. The van der Waals surface area contributed by atoms with Gasteiger partial charge >= 0.3 is 0 Å². The molecule has 340 valence electrons. The number of pyridine rings is 1. The van der Waals surface area contributed by atoms with Gasteiger partial charge in [-0.1, -0.05) is 19.1 Å². The van der Waals surface area contributed by atoms with Crippen molar-refractivity contribution in [3.05, 3.63) is 88.0 Å². The summed E-state index contributed by atoms with van der Waals surface area (Å²) in [7, 11) is -1.03. The van der Waals surface area contributed by atoms with Crippen LogP contribution in [0, 0.1) is 6.92 Å². The number of nitrogens with zero attached hydrogens (tertiary/aromatic N) is 7. The van der Waals surface area contributed by atoms with Gasteiger partial charge in [-0.05, 0) is 116 Å². The number of fused-ring (bicyclic) bond motifs is 2. The zero-order chi connectivity index (χ0) is 45.4. The molecule has 65 heavy (non-hydrogen) atoms. The molecule has 3 aromatic heterocycles. The molecule has 1 atom stereocenters. The van der Waals surface area contributed by atoms with Gasteiger partial charge in [0, 0.05) is 92.6 Å². The van der Waals surface area contributed by atoms with Gasteiger partial charge in [-0.15, -0.1) is 0 Å². The number of halogens is 1. The molecule has 15 nitrogen and oxygen atoms in total. The maximum Gasteiger partial charge on any atom is 0.239 e. The van der Waals surface area contributed by atoms with Gasteiger partial charge in [-0.25, -0.2) is 9.97 Å². The minimum atomic E-state index is -2.72. The zero-order valence-corrected chi connectivity index (χ0v) is 40.1. The SMILES string of the molecule is CCc1cc(Nc2ncc(Br)c(Nc3ccc4nc(C)ccc4c3P(C)(C)=O)n2)c(OC)cc1N1CCC(N2CCN(CCc3ccc4nc(C5CCC(=O)NC5=O)oc4c3)CC2)CC1. The van der Waals surface area contributed by atoms with Crippen molar-refractivity contribution in [3.8, 4) is 5.75 Å². The highest BCUT2D eigenvalue weighted by molar-refractivity contribution is 9.10. The summed E-state index contributed by atoms with van der Waals surface area (Å²) in [5.41, 5.74) is 8.22. The number of aryl methyl sites for hydroxylation is 2. The number of piperidine rings is 2. The van der Waals surface area contributed by atoms with Crippen molar-refractivity contribution in [2.75, 3.05) is 81.8 Å². The van der Waals surface area contributed by atoms with Gasteiger partial charge in [0.15, 0.2) is 5.58 Å². The average Bonchev–Trinajstić information content (AvgIpc) is 3.72. The van der Waals surface area contributed by atoms with E-state index in [0.717, 1.165) is 105 Å². The lowest BCUT2D eigenvalue weighted by molar-refractivity contribution is -0.134. The molecule has 3 aliphatic rings. The van der Waals surface area contributed by atoms with Crippen molar-refractivity contribution in [1.82, 2.24) is 35.1 Å². The first kappa shape index (κ1) is 44.8. The number of amides is 2. The van der Waals surface area contributed by atoms with Crippen LogP contribution < -0.4 is 30.9 Å². The number of imide groups is 1. The summed E-state index contributed by atoms with van der Waals surface area (Å²) in [6, 6.07) is 18.7. The van der Waals surface area contributed by atoms with E-state index in [-0.39, 0.29) is 11.8 Å². The van der Waals surface area contributed by atoms with E-state index >= 15 is 0 Å². The van der Waals surface area contributed by atoms with Crippen LogP contribution in [0.25, 0.3) is 22.0 Å². The van der Waals surface area contributed by atoms with Gasteiger partial charge in [0.1, 0.15) is 30.1 Å². The third-order valence-corrected chi connectivity index (χ3v) is 15.1. The number of carbonyl (C=O) groups excluding carboxylic acids is 2. The van der Waals surface area contributed by atoms with Crippen LogP contribution in [0.2, 0.25) is 0 Å². The van der Waals surface area contributed by atoms with Gasteiger partial charge in [0.05, 0.1) is 28.5 Å². The van der Waals surface area contributed by atoms with Crippen molar-refractivity contribution in [1.29, 1.82) is 0 Å². The smallest absolute Gasteiger partial charge is 0.239 e. The standard InChI is InChI=1S/C48H56BrN10O5P/c1-6-31-26-39(54-48-50-28-35(49)45(56-48)52-38-13-12-36-33(9-7-29(2)51-36)44(38)65(4,5)62)41(63-3)27-40(31)59-19-16-32(17-20-59)58-23-21-57(22-24-58)18-15-30-8-11-37-42(25-30)64-47(53-37)34-10-14-43(60)55-46(34)61/h7-9,11-13,25-28,32,34H,6,10,14-24H2,1-5H3,(H,55,60,61)(H2,50,52,54,56). The van der Waals surface area contributed by atoms with E-state index in [0.29, 0.717) is 58.0 Å². The number of oxazole rings is 1. The summed E-state index contributed by atoms with van der Waals surface area (Å²) >= 11 is 3.63. The molecule has 0 saturated carbocycles. The van der Waals surface area contributed by atoms with Crippen LogP contribution in [-0.2, 0) is 27.0 Å². The predicted octanol–water partition coefficient (Wildman–Crippen LogP) is 7.89. The zero-order valence-electron chi connectivity index (χ0n) is 37.6. The number of hydrogen-bond donors (Lipinski definition) is 3. The fourth-order valence-electron chi connectivity index (χ4n) is 9.52. The summed E-state index contributed by atoms with van der Waals surface area (Å²) in [5.74, 6) is 0.923. The summed E-state index contributed by atoms with van der Waals surface area (Å²) in [5, 5.41) is 10.9. The van der Waals surface area contributed by atoms with E-state index in [1.165, 1.54) is 16.8 Å². The Labute approximate surface area is 387 Å². The van der Waals surface area contributed by atoms with E-state index in [1.54, 1.807) is 26.6 Å². The Balaban J connectivity index is 0.799. The molecular weight excluding hydrogens is 907 g/mol. The minimum absolute atomic E-state index is 0.246. The molecule has 3 fully saturated rings. The van der Waals surface area contributed by atoms with Crippen molar-refractivity contribution in [2.45, 2.75) is 64.3 Å². The van der Waals surface area contributed by atoms with Gasteiger partial charge < -0.3 is 34.2 Å². The second kappa shape index (κ2) is 18.8. The molecule has 0 aliphatic carbocycles. The Bertz CT molecular complexity index is 2820. The second-order valence-electron chi connectivity index (χ2n) is 17.7. The number of methoxy groups -OCH3 is 1. The third-order valence-electron chi connectivity index (χ3n) is 13.0. The average molecular weight is 964 g/mol. The summed E-state index contributed by atoms with van der Waals surface area (Å²) < 4.78 is 26.3. The van der Waals surface area contributed by atoms with Crippen LogP contribution >= 0.6 is 23.1 Å². The molecule has 0 bridgehead atoms. The van der Waals surface area contributed by atoms with Crippen molar-refractivity contribution >= 4 is 91.0 Å². The number of nitrogens with one attached hydrogen (secondary N) is 3. The highest BCUT2D eigenvalue weighted by Crippen LogP contribution is 2.42. The van der Waals surface area contributed by atoms with Crippen LogP contribution in [0.1, 0.15) is 61.2 Å². The molecular formula is C48H56BrN10O5P. The van der Waals surface area contributed by atoms with Crippen LogP contribution in [-0.4, -0.2) is 114 Å². The third kappa shape index (κ3) is 9.77. The molecule has 0 radical (unpaired) electrons. The van der Waals surface area contributed by atoms with E-state index in [1.807, 2.05) is 43.3 Å². The monoisotopic (exact) mass is 962 g/mol. The summed E-state index contributed by atoms with van der Waals surface area (Å²) in [6.07, 6.45) is 6.39. The van der Waals surface area contributed by atoms with Crippen molar-refractivity contribution < 1.29 is 23.3 Å². The van der Waals surface area contributed by atoms with Crippen LogP contribution in [0.15, 0.2) is 69.7 Å². The highest BCUT2D eigenvalue weighted by Gasteiger charge is 2.33. The molecule has 2 amide bonds. The lowest BCUT2D eigenvalue weighted by Gasteiger charge is -2.43. The summed E-state index contributed by atoms with van der Waals surface area (Å²) in [4.78, 5) is 50.4. The lowest BCUT2D eigenvalue weighted by atomic mass is 9.98. The topological polar surface area (TPSA) is 171 Å². The number of ether oxygens (including phenoxy) is 1. The van der Waals surface area contributed by atoms with Crippen LogP contribution in [0.4, 0.5) is 28.8 Å². The maximum absolute atomic E-state index is 13.7. The lowest BCUT2D eigenvalue weighted by Crippen LogP contribution is -2.53. The molecule has 6 aromatic rings. The van der Waals surface area contributed by atoms with Gasteiger partial charge in [0.25, 0.3) is 0 Å². The predicted molar refractivity (Wildman–Crippen MR) is 260 cm³/mol. The number of aromatic nitrogens is 4. The first-order valence-electron chi connectivity index (χ1n) is 22.5. The largest absolute Gasteiger partial charge is 0.494 e. The number of rotatable bonds is 13. The van der Waals surface area contributed by atoms with Crippen molar-refractivity contribution in [2.24, 2.45) is 0 Å². The van der Waals surface area contributed by atoms with E-state index < -0.39 is 13.1 Å². The van der Waals surface area contributed by atoms with E-state index in [2.05, 4.69) is 86.7 Å². The second-order valence-corrected chi connectivity index (χ2v) is 21.7. The first-order valence-corrected chi connectivity index (χ1v) is 25.9. The molecule has 17 heteroatoms. The molecule has 3 N–H and O–H groups in total. The Morgan fingerprint density at radius 2 is 1.69 bits per heavy atom. The molecule has 1 unspecified atom stereocenters. The molecule has 9 rings (SSSR count). The minimum Gasteiger partial charge on any atom is -0.494 e. The fourth-order valence-corrected chi connectivity index (χ4v) is 11.3. The van der Waals surface area contributed by atoms with E-state index in [9.17, 15) is 14.2 Å². The molecule has 3 aliphatic heterocycles. The number of benzene rings is 3. The Morgan fingerprint density at radius 1 is 0.908 bits per heavy atom. The normalized spacial score (nSPS) is 18.1. The van der Waals surface area contributed by atoms with Crippen LogP contribution in [0.3, 0.4) is 0 Å². The van der Waals surface area contributed by atoms with Crippen molar-refractivity contribution in [3.63, 3.8) is 0 Å². The maximum atomic E-state index is 13.7. The quantitative estimate of drug-likeness (QED) is 0.0754. The molecule has 3 saturated heterocycles. The molecule has 0 spiro atoms. The Hall–Kier alpha value is -5.41. The van der Waals surface area contributed by atoms with Gasteiger partial charge in [-0.3, -0.25) is 24.8 Å². The van der Waals surface area contributed by atoms with Gasteiger partial charge in [0.2, 0.25) is 23.7 Å². The Kier molecular flexibility index (Phi) is 13.0. The molecule has 3 aromatic carbocycles. The fraction of sp³-hybridized carbons (Fsp3) is 0.417. The van der Waals surface area contributed by atoms with Gasteiger partial charge in [-0.2, -0.15) is 4.98 Å². The van der Waals surface area contributed by atoms with Crippen LogP contribution in [0.5, 0.6) is 5.75 Å². The highest BCUT2D eigenvalue weighted by atomic mass is 79.9. The first-order chi connectivity index (χ1) is 31.3. The number of anilines is 5. The van der Waals surface area contributed by atoms with E-state index in [4.69, 9.17) is 14.1 Å². The summed E-state index contributed by atoms with van der Waals surface area (Å²) in [6.45, 7) is 14.8. The number of carbonyl (C=O) groups is 2. The molecule has 6 heterocycles. The number of hydrogen-bond acceptors (Lipinski definition) is 14. The Morgan fingerprint density at radius 3 is 2.43 bits per heavy atom.